The fourth-order valence-corrected chi connectivity index (χ4v) is 2.99. The average Bonchev–Trinajstić information content (AvgIpc) is 3.28. The van der Waals surface area contributed by atoms with Crippen LogP contribution in [0, 0.1) is 10.1 Å². The molecule has 2 aromatic heterocycles. The van der Waals surface area contributed by atoms with Gasteiger partial charge in [-0.15, -0.1) is 10.2 Å². The number of aromatic nitrogens is 3. The molecule has 1 N–H and O–H groups in total. The maximum Gasteiger partial charge on any atom is 0.271 e. The highest BCUT2D eigenvalue weighted by Crippen LogP contribution is 2.24. The molecule has 26 heavy (non-hydrogen) atoms. The number of hydrogen-bond donors (Lipinski definition) is 1. The van der Waals surface area contributed by atoms with Gasteiger partial charge in [0.25, 0.3) is 5.69 Å². The van der Waals surface area contributed by atoms with E-state index in [4.69, 9.17) is 4.42 Å². The summed E-state index contributed by atoms with van der Waals surface area (Å²) in [7, 11) is 0. The Balaban J connectivity index is 1.64. The summed E-state index contributed by atoms with van der Waals surface area (Å²) >= 11 is 1.24. The Kier molecular flexibility index (Phi) is 5.32. The zero-order valence-electron chi connectivity index (χ0n) is 13.7. The summed E-state index contributed by atoms with van der Waals surface area (Å²) in [5.74, 6) is 0.461. The molecule has 0 saturated heterocycles. The number of benzene rings is 1. The largest absolute Gasteiger partial charge is 0.467 e. The summed E-state index contributed by atoms with van der Waals surface area (Å²) in [4.78, 5) is 22.7. The molecule has 0 unspecified atom stereocenters. The average molecular weight is 373 g/mol. The number of carbonyl (C=O) groups is 1. The first-order chi connectivity index (χ1) is 12.5. The number of nitro groups is 1. The standard InChI is InChI=1S/C16H15N5O4S/c1-11(15(22)18-12-4-2-5-13(8-12)21(23)24)26-16-19-17-10-20(16)9-14-6-3-7-25-14/h2-8,10-11H,9H2,1H3,(H,18,22)/t11-/m0/s1. The number of anilines is 1. The summed E-state index contributed by atoms with van der Waals surface area (Å²) < 4.78 is 7.08. The normalized spacial score (nSPS) is 11.9. The summed E-state index contributed by atoms with van der Waals surface area (Å²) in [6, 6.07) is 9.43. The first-order valence-electron chi connectivity index (χ1n) is 7.65. The van der Waals surface area contributed by atoms with Crippen LogP contribution < -0.4 is 5.32 Å². The monoisotopic (exact) mass is 373 g/mol. The minimum absolute atomic E-state index is 0.0821. The maximum absolute atomic E-state index is 12.4. The van der Waals surface area contributed by atoms with Gasteiger partial charge in [-0.05, 0) is 25.1 Å². The Bertz CT molecular complexity index is 909. The number of nitro benzene ring substituents is 1. The fraction of sp³-hybridized carbons (Fsp3) is 0.188. The number of nitrogens with zero attached hydrogens (tertiary/aromatic N) is 4. The minimum Gasteiger partial charge on any atom is -0.467 e. The Labute approximate surface area is 152 Å². The predicted octanol–water partition coefficient (Wildman–Crippen LogP) is 2.95. The number of rotatable bonds is 7. The molecule has 10 heteroatoms. The van der Waals surface area contributed by atoms with Gasteiger partial charge < -0.3 is 14.3 Å². The SMILES string of the molecule is C[C@H](Sc1nncn1Cc1ccco1)C(=O)Nc1cccc([N+](=O)[O-])c1. The molecule has 1 aromatic carbocycles. The van der Waals surface area contributed by atoms with Crippen molar-refractivity contribution in [3.8, 4) is 0 Å². The highest BCUT2D eigenvalue weighted by atomic mass is 32.2. The molecule has 1 amide bonds. The van der Waals surface area contributed by atoms with Crippen molar-refractivity contribution in [2.45, 2.75) is 23.9 Å². The molecule has 0 bridgehead atoms. The van der Waals surface area contributed by atoms with Crippen LogP contribution in [0.2, 0.25) is 0 Å². The van der Waals surface area contributed by atoms with Crippen LogP contribution in [0.15, 0.2) is 58.6 Å². The maximum atomic E-state index is 12.4. The van der Waals surface area contributed by atoms with E-state index in [1.807, 2.05) is 6.07 Å². The molecule has 0 aliphatic heterocycles. The third kappa shape index (κ3) is 4.28. The van der Waals surface area contributed by atoms with Crippen molar-refractivity contribution in [1.82, 2.24) is 14.8 Å². The lowest BCUT2D eigenvalue weighted by Crippen LogP contribution is -2.23. The number of amides is 1. The molecule has 0 saturated carbocycles. The zero-order chi connectivity index (χ0) is 18.5. The molecule has 0 aliphatic rings. The molecule has 9 nitrogen and oxygen atoms in total. The van der Waals surface area contributed by atoms with E-state index < -0.39 is 10.2 Å². The van der Waals surface area contributed by atoms with Crippen LogP contribution >= 0.6 is 11.8 Å². The molecule has 3 rings (SSSR count). The van der Waals surface area contributed by atoms with E-state index in [2.05, 4.69) is 15.5 Å². The van der Waals surface area contributed by atoms with Gasteiger partial charge in [0.1, 0.15) is 12.1 Å². The predicted molar refractivity (Wildman–Crippen MR) is 94.9 cm³/mol. The summed E-state index contributed by atoms with van der Waals surface area (Å²) in [5, 5.41) is 21.5. The van der Waals surface area contributed by atoms with Gasteiger partial charge in [-0.2, -0.15) is 0 Å². The molecular weight excluding hydrogens is 358 g/mol. The van der Waals surface area contributed by atoms with Crippen LogP contribution in [0.1, 0.15) is 12.7 Å². The van der Waals surface area contributed by atoms with Crippen molar-refractivity contribution in [3.63, 3.8) is 0 Å². The Morgan fingerprint density at radius 1 is 1.42 bits per heavy atom. The van der Waals surface area contributed by atoms with Gasteiger partial charge in [-0.3, -0.25) is 14.9 Å². The smallest absolute Gasteiger partial charge is 0.271 e. The van der Waals surface area contributed by atoms with E-state index in [0.29, 0.717) is 17.4 Å². The van der Waals surface area contributed by atoms with Crippen molar-refractivity contribution in [2.24, 2.45) is 0 Å². The molecule has 0 aliphatic carbocycles. The zero-order valence-corrected chi connectivity index (χ0v) is 14.5. The number of carbonyl (C=O) groups excluding carboxylic acids is 1. The topological polar surface area (TPSA) is 116 Å². The van der Waals surface area contributed by atoms with Gasteiger partial charge in [-0.25, -0.2) is 0 Å². The van der Waals surface area contributed by atoms with Gasteiger partial charge >= 0.3 is 0 Å². The van der Waals surface area contributed by atoms with Crippen molar-refractivity contribution in [2.75, 3.05) is 5.32 Å². The number of furan rings is 1. The second-order valence-electron chi connectivity index (χ2n) is 5.38. The van der Waals surface area contributed by atoms with Crippen LogP contribution in [0.25, 0.3) is 0 Å². The number of nitrogens with one attached hydrogen (secondary N) is 1. The van der Waals surface area contributed by atoms with Crippen LogP contribution in [0.3, 0.4) is 0 Å². The minimum atomic E-state index is -0.509. The molecule has 0 fully saturated rings. The summed E-state index contributed by atoms with van der Waals surface area (Å²) in [6.07, 6.45) is 3.15. The van der Waals surface area contributed by atoms with Crippen LogP contribution in [-0.4, -0.2) is 30.8 Å². The van der Waals surface area contributed by atoms with E-state index in [1.54, 1.807) is 36.2 Å². The molecule has 1 atom stereocenters. The lowest BCUT2D eigenvalue weighted by molar-refractivity contribution is -0.384. The molecule has 134 valence electrons. The van der Waals surface area contributed by atoms with Crippen molar-refractivity contribution in [1.29, 1.82) is 0 Å². The highest BCUT2D eigenvalue weighted by molar-refractivity contribution is 8.00. The Morgan fingerprint density at radius 2 is 2.27 bits per heavy atom. The molecular formula is C16H15N5O4S. The van der Waals surface area contributed by atoms with Crippen molar-refractivity contribution in [3.05, 3.63) is 64.9 Å². The molecule has 0 radical (unpaired) electrons. The van der Waals surface area contributed by atoms with E-state index in [0.717, 1.165) is 5.76 Å². The summed E-state index contributed by atoms with van der Waals surface area (Å²) in [6.45, 7) is 2.19. The molecule has 3 aromatic rings. The second kappa shape index (κ2) is 7.83. The Hall–Kier alpha value is -3.14. The Morgan fingerprint density at radius 3 is 3.00 bits per heavy atom. The van der Waals surface area contributed by atoms with Gasteiger partial charge in [0.05, 0.1) is 23.0 Å². The van der Waals surface area contributed by atoms with Crippen LogP contribution in [-0.2, 0) is 11.3 Å². The quantitative estimate of drug-likeness (QED) is 0.384. The van der Waals surface area contributed by atoms with Gasteiger partial charge in [0.15, 0.2) is 5.16 Å². The highest BCUT2D eigenvalue weighted by Gasteiger charge is 2.19. The number of thioether (sulfide) groups is 1. The summed E-state index contributed by atoms with van der Waals surface area (Å²) in [5.41, 5.74) is 0.287. The van der Waals surface area contributed by atoms with Crippen LogP contribution in [0.5, 0.6) is 0 Å². The third-order valence-corrected chi connectivity index (χ3v) is 4.56. The van der Waals surface area contributed by atoms with E-state index in [9.17, 15) is 14.9 Å². The van der Waals surface area contributed by atoms with Crippen LogP contribution in [0.4, 0.5) is 11.4 Å². The first kappa shape index (κ1) is 17.7. The first-order valence-corrected chi connectivity index (χ1v) is 8.53. The van der Waals surface area contributed by atoms with E-state index in [1.165, 1.54) is 30.0 Å². The molecule has 0 spiro atoms. The lowest BCUT2D eigenvalue weighted by atomic mass is 10.2. The van der Waals surface area contributed by atoms with E-state index >= 15 is 0 Å². The number of hydrogen-bond acceptors (Lipinski definition) is 7. The van der Waals surface area contributed by atoms with Gasteiger partial charge in [0, 0.05) is 17.8 Å². The van der Waals surface area contributed by atoms with E-state index in [-0.39, 0.29) is 11.6 Å². The van der Waals surface area contributed by atoms with Crippen molar-refractivity contribution >= 4 is 29.0 Å². The lowest BCUT2D eigenvalue weighted by Gasteiger charge is -2.12. The van der Waals surface area contributed by atoms with Crippen molar-refractivity contribution < 1.29 is 14.1 Å². The number of non-ortho nitro benzene ring substituents is 1. The van der Waals surface area contributed by atoms with Gasteiger partial charge in [-0.1, -0.05) is 17.8 Å². The fourth-order valence-electron chi connectivity index (χ4n) is 2.17. The molecule has 2 heterocycles. The third-order valence-electron chi connectivity index (χ3n) is 3.46. The second-order valence-corrected chi connectivity index (χ2v) is 6.69. The van der Waals surface area contributed by atoms with Gasteiger partial charge in [0.2, 0.25) is 5.91 Å².